The molecule has 0 heterocycles. The Labute approximate surface area is 173 Å². The van der Waals surface area contributed by atoms with Gasteiger partial charge in [0.05, 0.1) is 6.04 Å². The van der Waals surface area contributed by atoms with Gasteiger partial charge in [-0.2, -0.15) is 0 Å². The summed E-state index contributed by atoms with van der Waals surface area (Å²) in [5, 5.41) is 2.82. The summed E-state index contributed by atoms with van der Waals surface area (Å²) in [6.45, 7) is 3.41. The average molecular weight is 409 g/mol. The highest BCUT2D eigenvalue weighted by Crippen LogP contribution is 2.18. The van der Waals surface area contributed by atoms with Crippen molar-refractivity contribution in [3.05, 3.63) is 101 Å². The number of carbonyl (C=O) groups excluding carboxylic acids is 2. The van der Waals surface area contributed by atoms with Crippen LogP contribution in [0, 0.1) is 11.6 Å². The standard InChI is InChI=1S/C24H21F2NO3/c1-15(17-3-9-20(25)10-4-17)27-24(29)16(2)30-22-13-7-19(8-14-22)23(28)18-5-11-21(26)12-6-18/h3-16H,1-2H3,(H,27,29)/t15-,16-/m0/s1. The normalized spacial score (nSPS) is 12.7. The first-order valence-electron chi connectivity index (χ1n) is 9.46. The summed E-state index contributed by atoms with van der Waals surface area (Å²) in [6.07, 6.45) is -0.772. The molecule has 1 N–H and O–H groups in total. The predicted molar refractivity (Wildman–Crippen MR) is 109 cm³/mol. The first-order chi connectivity index (χ1) is 14.3. The average Bonchev–Trinajstić information content (AvgIpc) is 2.74. The number of amides is 1. The van der Waals surface area contributed by atoms with Crippen molar-refractivity contribution < 1.29 is 23.1 Å². The second-order valence-corrected chi connectivity index (χ2v) is 6.90. The van der Waals surface area contributed by atoms with Crippen LogP contribution in [0.25, 0.3) is 0 Å². The number of ketones is 1. The van der Waals surface area contributed by atoms with Gasteiger partial charge in [0.25, 0.3) is 5.91 Å². The molecule has 2 atom stereocenters. The summed E-state index contributed by atoms with van der Waals surface area (Å²) < 4.78 is 31.7. The Bertz CT molecular complexity index is 1020. The maximum atomic E-state index is 13.0. The molecule has 0 fully saturated rings. The molecule has 0 saturated carbocycles. The first-order valence-corrected chi connectivity index (χ1v) is 9.46. The molecule has 30 heavy (non-hydrogen) atoms. The molecular weight excluding hydrogens is 388 g/mol. The summed E-state index contributed by atoms with van der Waals surface area (Å²) in [6, 6.07) is 17.3. The molecule has 0 bridgehead atoms. The van der Waals surface area contributed by atoms with Gasteiger partial charge in [0.1, 0.15) is 17.4 Å². The molecule has 0 aliphatic heterocycles. The number of nitrogens with one attached hydrogen (secondary N) is 1. The topological polar surface area (TPSA) is 55.4 Å². The molecule has 3 aromatic rings. The fraction of sp³-hybridized carbons (Fsp3) is 0.167. The van der Waals surface area contributed by atoms with Crippen LogP contribution in [0.1, 0.15) is 41.4 Å². The molecule has 1 amide bonds. The molecule has 3 aromatic carbocycles. The summed E-state index contributed by atoms with van der Waals surface area (Å²) in [7, 11) is 0. The van der Waals surface area contributed by atoms with Crippen LogP contribution in [0.2, 0.25) is 0 Å². The van der Waals surface area contributed by atoms with Gasteiger partial charge in [-0.05, 0) is 80.1 Å². The molecular formula is C24H21F2NO3. The smallest absolute Gasteiger partial charge is 0.261 e. The number of hydrogen-bond acceptors (Lipinski definition) is 3. The number of carbonyl (C=O) groups is 2. The van der Waals surface area contributed by atoms with Crippen LogP contribution in [0.5, 0.6) is 5.75 Å². The molecule has 0 spiro atoms. The lowest BCUT2D eigenvalue weighted by Gasteiger charge is -2.19. The van der Waals surface area contributed by atoms with E-state index in [1.54, 1.807) is 50.2 Å². The van der Waals surface area contributed by atoms with E-state index in [9.17, 15) is 18.4 Å². The van der Waals surface area contributed by atoms with Gasteiger partial charge in [-0.25, -0.2) is 8.78 Å². The number of rotatable bonds is 7. The Balaban J connectivity index is 1.58. The molecule has 4 nitrogen and oxygen atoms in total. The zero-order valence-corrected chi connectivity index (χ0v) is 16.6. The van der Waals surface area contributed by atoms with Crippen molar-refractivity contribution >= 4 is 11.7 Å². The number of ether oxygens (including phenoxy) is 1. The minimum atomic E-state index is -0.772. The molecule has 0 aromatic heterocycles. The number of hydrogen-bond donors (Lipinski definition) is 1. The van der Waals surface area contributed by atoms with Gasteiger partial charge >= 0.3 is 0 Å². The zero-order chi connectivity index (χ0) is 21.7. The van der Waals surface area contributed by atoms with Crippen LogP contribution in [0.3, 0.4) is 0 Å². The quantitative estimate of drug-likeness (QED) is 0.568. The third kappa shape index (κ3) is 5.29. The maximum absolute atomic E-state index is 13.0. The maximum Gasteiger partial charge on any atom is 0.261 e. The van der Waals surface area contributed by atoms with E-state index >= 15 is 0 Å². The van der Waals surface area contributed by atoms with Crippen LogP contribution in [0.4, 0.5) is 8.78 Å². The molecule has 6 heteroatoms. The van der Waals surface area contributed by atoms with Crippen molar-refractivity contribution in [2.24, 2.45) is 0 Å². The summed E-state index contributed by atoms with van der Waals surface area (Å²) >= 11 is 0. The SMILES string of the molecule is C[C@H](Oc1ccc(C(=O)c2ccc(F)cc2)cc1)C(=O)N[C@@H](C)c1ccc(F)cc1. The van der Waals surface area contributed by atoms with E-state index in [2.05, 4.69) is 5.32 Å². The van der Waals surface area contributed by atoms with Gasteiger partial charge in [0, 0.05) is 11.1 Å². The Morgan fingerprint density at radius 3 is 1.77 bits per heavy atom. The summed E-state index contributed by atoms with van der Waals surface area (Å²) in [5.74, 6) is -0.867. The Hall–Kier alpha value is -3.54. The van der Waals surface area contributed by atoms with Gasteiger partial charge in [-0.15, -0.1) is 0 Å². The highest BCUT2D eigenvalue weighted by atomic mass is 19.1. The lowest BCUT2D eigenvalue weighted by Crippen LogP contribution is -2.37. The van der Waals surface area contributed by atoms with Crippen LogP contribution in [0.15, 0.2) is 72.8 Å². The van der Waals surface area contributed by atoms with Gasteiger partial charge in [-0.1, -0.05) is 12.1 Å². The summed E-state index contributed by atoms with van der Waals surface area (Å²) in [5.41, 5.74) is 1.59. The van der Waals surface area contributed by atoms with E-state index in [0.29, 0.717) is 16.9 Å². The molecule has 154 valence electrons. The monoisotopic (exact) mass is 409 g/mol. The van der Waals surface area contributed by atoms with Crippen molar-refractivity contribution in [1.82, 2.24) is 5.32 Å². The van der Waals surface area contributed by atoms with Crippen molar-refractivity contribution in [3.63, 3.8) is 0 Å². The molecule has 0 unspecified atom stereocenters. The third-order valence-corrected chi connectivity index (χ3v) is 4.63. The van der Waals surface area contributed by atoms with E-state index in [1.807, 2.05) is 0 Å². The zero-order valence-electron chi connectivity index (χ0n) is 16.6. The summed E-state index contributed by atoms with van der Waals surface area (Å²) in [4.78, 5) is 24.8. The van der Waals surface area contributed by atoms with Crippen LogP contribution < -0.4 is 10.1 Å². The lowest BCUT2D eigenvalue weighted by molar-refractivity contribution is -0.127. The van der Waals surface area contributed by atoms with Gasteiger partial charge < -0.3 is 10.1 Å². The fourth-order valence-electron chi connectivity index (χ4n) is 2.88. The lowest BCUT2D eigenvalue weighted by atomic mass is 10.0. The highest BCUT2D eigenvalue weighted by Gasteiger charge is 2.18. The van der Waals surface area contributed by atoms with E-state index < -0.39 is 11.9 Å². The van der Waals surface area contributed by atoms with Crippen LogP contribution >= 0.6 is 0 Å². The number of halogens is 2. The molecule has 0 saturated heterocycles. The first kappa shape index (κ1) is 21.2. The van der Waals surface area contributed by atoms with Crippen molar-refractivity contribution in [2.45, 2.75) is 26.0 Å². The minimum Gasteiger partial charge on any atom is -0.481 e. The predicted octanol–water partition coefficient (Wildman–Crippen LogP) is 4.84. The van der Waals surface area contributed by atoms with Crippen molar-refractivity contribution in [3.8, 4) is 5.75 Å². The molecule has 0 radical (unpaired) electrons. The Morgan fingerprint density at radius 2 is 1.23 bits per heavy atom. The van der Waals surface area contributed by atoms with E-state index in [1.165, 1.54) is 36.4 Å². The van der Waals surface area contributed by atoms with E-state index in [-0.39, 0.29) is 23.5 Å². The highest BCUT2D eigenvalue weighted by molar-refractivity contribution is 6.09. The fourth-order valence-corrected chi connectivity index (χ4v) is 2.88. The Morgan fingerprint density at radius 1 is 0.767 bits per heavy atom. The second kappa shape index (κ2) is 9.31. The van der Waals surface area contributed by atoms with Crippen LogP contribution in [-0.4, -0.2) is 17.8 Å². The van der Waals surface area contributed by atoms with Crippen LogP contribution in [-0.2, 0) is 4.79 Å². The molecule has 3 rings (SSSR count). The third-order valence-electron chi connectivity index (χ3n) is 4.63. The van der Waals surface area contributed by atoms with Crippen molar-refractivity contribution in [2.75, 3.05) is 0 Å². The van der Waals surface area contributed by atoms with Gasteiger partial charge in [-0.3, -0.25) is 9.59 Å². The Kier molecular flexibility index (Phi) is 6.57. The van der Waals surface area contributed by atoms with Gasteiger partial charge in [0.15, 0.2) is 11.9 Å². The van der Waals surface area contributed by atoms with Gasteiger partial charge in [0.2, 0.25) is 0 Å². The van der Waals surface area contributed by atoms with E-state index in [4.69, 9.17) is 4.74 Å². The molecule has 0 aliphatic rings. The second-order valence-electron chi connectivity index (χ2n) is 6.90. The van der Waals surface area contributed by atoms with E-state index in [0.717, 1.165) is 5.56 Å². The number of benzene rings is 3. The van der Waals surface area contributed by atoms with Crippen molar-refractivity contribution in [1.29, 1.82) is 0 Å². The minimum absolute atomic E-state index is 0.236. The largest absolute Gasteiger partial charge is 0.481 e. The molecule has 0 aliphatic carbocycles.